The largest absolute Gasteiger partial charge is 0.513 e. The SMILES string of the molecule is COC(=O)Oc1cc(-c2ccc(F)cc2F)sc1N(C(=O)[C@H]1CC[C@H](C)CC1)C1CCOCC1. The van der Waals surface area contributed by atoms with E-state index in [0.29, 0.717) is 41.9 Å². The number of halogens is 2. The summed E-state index contributed by atoms with van der Waals surface area (Å²) in [6.07, 6.45) is 3.93. The summed E-state index contributed by atoms with van der Waals surface area (Å²) in [5.41, 5.74) is 0.165. The molecule has 184 valence electrons. The third-order valence-corrected chi connectivity index (χ3v) is 7.76. The molecule has 1 saturated carbocycles. The Labute approximate surface area is 201 Å². The van der Waals surface area contributed by atoms with Crippen LogP contribution in [0.3, 0.4) is 0 Å². The Kier molecular flexibility index (Phi) is 7.83. The number of ether oxygens (including phenoxy) is 3. The highest BCUT2D eigenvalue weighted by molar-refractivity contribution is 7.20. The minimum Gasteiger partial charge on any atom is -0.437 e. The van der Waals surface area contributed by atoms with Crippen molar-refractivity contribution < 1.29 is 32.6 Å². The number of nitrogens with zero attached hydrogens (tertiary/aromatic N) is 1. The van der Waals surface area contributed by atoms with Crippen LogP contribution in [0.2, 0.25) is 0 Å². The first-order valence-electron chi connectivity index (χ1n) is 11.6. The maximum atomic E-state index is 14.6. The molecule has 1 aliphatic heterocycles. The van der Waals surface area contributed by atoms with Crippen LogP contribution >= 0.6 is 11.3 Å². The average Bonchev–Trinajstić information content (AvgIpc) is 3.22. The van der Waals surface area contributed by atoms with Crippen molar-refractivity contribution in [3.8, 4) is 16.2 Å². The highest BCUT2D eigenvalue weighted by Crippen LogP contribution is 2.46. The molecular formula is C25H29F2NO5S. The first-order chi connectivity index (χ1) is 16.4. The zero-order valence-corrected chi connectivity index (χ0v) is 20.2. The molecular weight excluding hydrogens is 464 g/mol. The summed E-state index contributed by atoms with van der Waals surface area (Å²) in [7, 11) is 1.19. The fourth-order valence-corrected chi connectivity index (χ4v) is 5.84. The van der Waals surface area contributed by atoms with Gasteiger partial charge in [-0.1, -0.05) is 6.92 Å². The van der Waals surface area contributed by atoms with Crippen LogP contribution in [0.4, 0.5) is 18.6 Å². The van der Waals surface area contributed by atoms with Gasteiger partial charge in [0, 0.05) is 47.7 Å². The molecule has 0 unspecified atom stereocenters. The summed E-state index contributed by atoms with van der Waals surface area (Å²) in [5, 5.41) is 0.430. The molecule has 2 fully saturated rings. The summed E-state index contributed by atoms with van der Waals surface area (Å²) >= 11 is 1.15. The van der Waals surface area contributed by atoms with Gasteiger partial charge in [0.15, 0.2) is 5.75 Å². The molecule has 2 heterocycles. The van der Waals surface area contributed by atoms with Crippen molar-refractivity contribution in [1.29, 1.82) is 0 Å². The second kappa shape index (κ2) is 10.8. The van der Waals surface area contributed by atoms with Crippen LogP contribution in [0.1, 0.15) is 45.4 Å². The Morgan fingerprint density at radius 1 is 1.06 bits per heavy atom. The molecule has 1 amide bonds. The predicted molar refractivity (Wildman–Crippen MR) is 125 cm³/mol. The van der Waals surface area contributed by atoms with E-state index >= 15 is 0 Å². The normalized spacial score (nSPS) is 21.2. The lowest BCUT2D eigenvalue weighted by Gasteiger charge is -2.37. The van der Waals surface area contributed by atoms with Crippen molar-refractivity contribution in [3.05, 3.63) is 35.9 Å². The molecule has 1 aromatic carbocycles. The van der Waals surface area contributed by atoms with Gasteiger partial charge >= 0.3 is 6.16 Å². The van der Waals surface area contributed by atoms with Crippen LogP contribution in [-0.4, -0.2) is 38.4 Å². The molecule has 1 aliphatic carbocycles. The van der Waals surface area contributed by atoms with E-state index in [9.17, 15) is 18.4 Å². The van der Waals surface area contributed by atoms with Gasteiger partial charge in [0.1, 0.15) is 16.6 Å². The van der Waals surface area contributed by atoms with Gasteiger partial charge in [-0.05, 0) is 56.6 Å². The molecule has 34 heavy (non-hydrogen) atoms. The van der Waals surface area contributed by atoms with Crippen LogP contribution in [0, 0.1) is 23.5 Å². The van der Waals surface area contributed by atoms with E-state index in [1.54, 1.807) is 4.90 Å². The van der Waals surface area contributed by atoms with E-state index in [4.69, 9.17) is 9.47 Å². The molecule has 6 nitrogen and oxygen atoms in total. The molecule has 9 heteroatoms. The van der Waals surface area contributed by atoms with Crippen molar-refractivity contribution in [1.82, 2.24) is 0 Å². The molecule has 0 N–H and O–H groups in total. The molecule has 0 spiro atoms. The van der Waals surface area contributed by atoms with Crippen molar-refractivity contribution in [2.45, 2.75) is 51.5 Å². The van der Waals surface area contributed by atoms with Crippen molar-refractivity contribution >= 4 is 28.4 Å². The molecule has 2 aromatic rings. The Morgan fingerprint density at radius 3 is 2.41 bits per heavy atom. The molecule has 0 atom stereocenters. The fraction of sp³-hybridized carbons (Fsp3) is 0.520. The molecule has 4 rings (SSSR count). The Morgan fingerprint density at radius 2 is 1.76 bits per heavy atom. The Bertz CT molecular complexity index is 1030. The van der Waals surface area contributed by atoms with Gasteiger partial charge in [0.05, 0.1) is 7.11 Å². The summed E-state index contributed by atoms with van der Waals surface area (Å²) in [4.78, 5) is 28.0. The lowest BCUT2D eigenvalue weighted by Crippen LogP contribution is -2.46. The number of thiophene rings is 1. The number of carbonyl (C=O) groups excluding carboxylic acids is 2. The molecule has 1 saturated heterocycles. The van der Waals surface area contributed by atoms with Crippen LogP contribution in [0.5, 0.6) is 5.75 Å². The molecule has 0 bridgehead atoms. The monoisotopic (exact) mass is 493 g/mol. The second-order valence-corrected chi connectivity index (χ2v) is 10.00. The molecule has 2 aliphatic rings. The van der Waals surface area contributed by atoms with Gasteiger partial charge in [-0.25, -0.2) is 13.6 Å². The lowest BCUT2D eigenvalue weighted by atomic mass is 9.82. The number of methoxy groups -OCH3 is 1. The number of anilines is 1. The third kappa shape index (κ3) is 5.41. The molecule has 1 aromatic heterocycles. The number of benzene rings is 1. The number of amides is 1. The van der Waals surface area contributed by atoms with E-state index in [1.807, 2.05) is 0 Å². The van der Waals surface area contributed by atoms with E-state index in [2.05, 4.69) is 11.7 Å². The van der Waals surface area contributed by atoms with Gasteiger partial charge in [-0.15, -0.1) is 11.3 Å². The first-order valence-corrected chi connectivity index (χ1v) is 12.4. The first kappa shape index (κ1) is 24.6. The summed E-state index contributed by atoms with van der Waals surface area (Å²) in [6.45, 7) is 3.24. The fourth-order valence-electron chi connectivity index (χ4n) is 4.65. The van der Waals surface area contributed by atoms with Crippen molar-refractivity contribution in [3.63, 3.8) is 0 Å². The van der Waals surface area contributed by atoms with E-state index < -0.39 is 17.8 Å². The van der Waals surface area contributed by atoms with E-state index in [-0.39, 0.29) is 29.2 Å². The van der Waals surface area contributed by atoms with Crippen LogP contribution in [-0.2, 0) is 14.3 Å². The van der Waals surface area contributed by atoms with Gasteiger partial charge in [0.2, 0.25) is 5.91 Å². The van der Waals surface area contributed by atoms with Gasteiger partial charge in [-0.3, -0.25) is 9.69 Å². The molecule has 0 radical (unpaired) electrons. The topological polar surface area (TPSA) is 65.1 Å². The zero-order chi connectivity index (χ0) is 24.2. The summed E-state index contributed by atoms with van der Waals surface area (Å²) in [6, 6.07) is 4.69. The predicted octanol–water partition coefficient (Wildman–Crippen LogP) is 6.18. The maximum Gasteiger partial charge on any atom is 0.513 e. The average molecular weight is 494 g/mol. The maximum absolute atomic E-state index is 14.6. The number of hydrogen-bond acceptors (Lipinski definition) is 6. The minimum atomic E-state index is -0.934. The van der Waals surface area contributed by atoms with Crippen molar-refractivity contribution in [2.75, 3.05) is 25.2 Å². The van der Waals surface area contributed by atoms with Gasteiger partial charge in [-0.2, -0.15) is 0 Å². The van der Waals surface area contributed by atoms with Crippen LogP contribution < -0.4 is 9.64 Å². The van der Waals surface area contributed by atoms with E-state index in [1.165, 1.54) is 25.3 Å². The zero-order valence-electron chi connectivity index (χ0n) is 19.4. The standard InChI is InChI=1S/C25H29F2NO5S/c1-15-3-5-16(6-4-15)23(29)28(18-9-11-32-12-10-18)24-21(33-25(30)31-2)14-22(34-24)19-8-7-17(26)13-20(19)27/h7-8,13-16,18H,3-6,9-12H2,1-2H3/t15-,16-. The third-order valence-electron chi connectivity index (χ3n) is 6.61. The van der Waals surface area contributed by atoms with Crippen LogP contribution in [0.25, 0.3) is 10.4 Å². The highest BCUT2D eigenvalue weighted by Gasteiger charge is 2.37. The van der Waals surface area contributed by atoms with Gasteiger partial charge in [0.25, 0.3) is 0 Å². The second-order valence-electron chi connectivity index (χ2n) is 8.97. The van der Waals surface area contributed by atoms with Gasteiger partial charge < -0.3 is 14.2 Å². The number of rotatable bonds is 5. The smallest absolute Gasteiger partial charge is 0.437 e. The Hall–Kier alpha value is -2.52. The Balaban J connectivity index is 1.77. The number of hydrogen-bond donors (Lipinski definition) is 0. The van der Waals surface area contributed by atoms with E-state index in [0.717, 1.165) is 43.1 Å². The van der Waals surface area contributed by atoms with Crippen molar-refractivity contribution in [2.24, 2.45) is 11.8 Å². The van der Waals surface area contributed by atoms with Crippen LogP contribution in [0.15, 0.2) is 24.3 Å². The summed E-state index contributed by atoms with van der Waals surface area (Å²) < 4.78 is 43.7. The quantitative estimate of drug-likeness (QED) is 0.466. The minimum absolute atomic E-state index is 0.0125. The number of carbonyl (C=O) groups is 2. The summed E-state index contributed by atoms with van der Waals surface area (Å²) in [5.74, 6) is -0.843. The highest BCUT2D eigenvalue weighted by atomic mass is 32.1. The lowest BCUT2D eigenvalue weighted by molar-refractivity contribution is -0.124.